The molecular formula is C16H19BrN2O2. The maximum atomic E-state index is 12.0. The van der Waals surface area contributed by atoms with Crippen molar-refractivity contribution in [1.82, 2.24) is 4.57 Å². The number of nitrogens with one attached hydrogen (secondary N) is 1. The van der Waals surface area contributed by atoms with Crippen LogP contribution in [-0.2, 0) is 11.3 Å². The summed E-state index contributed by atoms with van der Waals surface area (Å²) in [6.07, 6.45) is 3.12. The van der Waals surface area contributed by atoms with Gasteiger partial charge in [0.15, 0.2) is 0 Å². The topological polar surface area (TPSA) is 54.3 Å². The Morgan fingerprint density at radius 1 is 1.38 bits per heavy atom. The van der Waals surface area contributed by atoms with Crippen LogP contribution in [0.1, 0.15) is 25.5 Å². The third-order valence-corrected chi connectivity index (χ3v) is 3.67. The fourth-order valence-corrected chi connectivity index (χ4v) is 2.45. The molecule has 2 rings (SSSR count). The molecule has 0 spiro atoms. The highest BCUT2D eigenvalue weighted by atomic mass is 79.9. The quantitative estimate of drug-likeness (QED) is 0.865. The summed E-state index contributed by atoms with van der Waals surface area (Å²) in [6, 6.07) is 9.30. The van der Waals surface area contributed by atoms with E-state index in [1.165, 1.54) is 0 Å². The number of benzene rings is 1. The summed E-state index contributed by atoms with van der Waals surface area (Å²) < 4.78 is 2.69. The number of rotatable bonds is 5. The van der Waals surface area contributed by atoms with E-state index in [2.05, 4.69) is 21.2 Å². The van der Waals surface area contributed by atoms with E-state index in [0.717, 1.165) is 15.7 Å². The number of aliphatic hydroxyl groups excluding tert-OH is 1. The molecule has 0 bridgehead atoms. The summed E-state index contributed by atoms with van der Waals surface area (Å²) in [5, 5.41) is 12.8. The second-order valence-corrected chi connectivity index (χ2v) is 6.28. The third-order valence-electron chi connectivity index (χ3n) is 3.18. The van der Waals surface area contributed by atoms with Gasteiger partial charge in [-0.15, -0.1) is 0 Å². The van der Waals surface area contributed by atoms with Crippen molar-refractivity contribution in [2.75, 3.05) is 5.32 Å². The maximum absolute atomic E-state index is 12.0. The number of aliphatic hydroxyl groups is 1. The minimum absolute atomic E-state index is 0.103. The van der Waals surface area contributed by atoms with Crippen LogP contribution in [0.3, 0.4) is 0 Å². The summed E-state index contributed by atoms with van der Waals surface area (Å²) in [5.41, 5.74) is 1.59. The van der Waals surface area contributed by atoms with Crippen molar-refractivity contribution in [3.63, 3.8) is 0 Å². The maximum Gasteiger partial charge on any atom is 0.244 e. The molecular weight excluding hydrogens is 332 g/mol. The van der Waals surface area contributed by atoms with Gasteiger partial charge in [-0.25, -0.2) is 0 Å². The molecule has 1 unspecified atom stereocenters. The second kappa shape index (κ2) is 6.91. The zero-order chi connectivity index (χ0) is 15.4. The van der Waals surface area contributed by atoms with E-state index in [0.29, 0.717) is 0 Å². The number of carbonyl (C=O) groups is 1. The van der Waals surface area contributed by atoms with E-state index < -0.39 is 6.10 Å². The molecule has 1 aromatic heterocycles. The molecule has 0 aliphatic heterocycles. The highest BCUT2D eigenvalue weighted by Gasteiger charge is 2.13. The Hall–Kier alpha value is -1.59. The molecule has 2 N–H and O–H groups in total. The van der Waals surface area contributed by atoms with Crippen LogP contribution in [0.4, 0.5) is 5.69 Å². The van der Waals surface area contributed by atoms with Gasteiger partial charge in [-0.3, -0.25) is 4.79 Å². The normalized spacial score (nSPS) is 12.4. The highest BCUT2D eigenvalue weighted by Crippen LogP contribution is 2.21. The second-order valence-electron chi connectivity index (χ2n) is 5.36. The number of aromatic nitrogens is 1. The minimum Gasteiger partial charge on any atom is -0.388 e. The summed E-state index contributed by atoms with van der Waals surface area (Å²) in [4.78, 5) is 12.0. The first kappa shape index (κ1) is 15.8. The Morgan fingerprint density at radius 2 is 2.14 bits per heavy atom. The molecule has 2 aromatic rings. The van der Waals surface area contributed by atoms with Gasteiger partial charge in [0.1, 0.15) is 6.54 Å². The number of carbonyl (C=O) groups excluding carboxylic acids is 1. The Morgan fingerprint density at radius 3 is 2.81 bits per heavy atom. The molecule has 1 heterocycles. The van der Waals surface area contributed by atoms with Crippen molar-refractivity contribution in [1.29, 1.82) is 0 Å². The fourth-order valence-electron chi connectivity index (χ4n) is 2.05. The molecule has 21 heavy (non-hydrogen) atoms. The monoisotopic (exact) mass is 350 g/mol. The number of hydrogen-bond donors (Lipinski definition) is 2. The van der Waals surface area contributed by atoms with Gasteiger partial charge in [-0.05, 0) is 35.7 Å². The van der Waals surface area contributed by atoms with Crippen LogP contribution in [0.5, 0.6) is 0 Å². The predicted octanol–water partition coefficient (Wildman–Crippen LogP) is 3.58. The largest absolute Gasteiger partial charge is 0.388 e. The van der Waals surface area contributed by atoms with Crippen molar-refractivity contribution >= 4 is 27.5 Å². The molecule has 0 fully saturated rings. The molecule has 0 aliphatic rings. The number of anilines is 1. The summed E-state index contributed by atoms with van der Waals surface area (Å²) in [7, 11) is 0. The Kier molecular flexibility index (Phi) is 5.20. The van der Waals surface area contributed by atoms with Gasteiger partial charge in [0.25, 0.3) is 0 Å². The molecule has 4 nitrogen and oxygen atoms in total. The molecule has 0 radical (unpaired) electrons. The van der Waals surface area contributed by atoms with Crippen LogP contribution in [0.25, 0.3) is 0 Å². The molecule has 1 atom stereocenters. The minimum atomic E-state index is -0.501. The lowest BCUT2D eigenvalue weighted by Gasteiger charge is -2.12. The summed E-state index contributed by atoms with van der Waals surface area (Å²) in [6.45, 7) is 4.14. The van der Waals surface area contributed by atoms with Gasteiger partial charge >= 0.3 is 0 Å². The predicted molar refractivity (Wildman–Crippen MR) is 87.0 cm³/mol. The van der Waals surface area contributed by atoms with Crippen LogP contribution < -0.4 is 5.32 Å². The van der Waals surface area contributed by atoms with Gasteiger partial charge in [0.05, 0.1) is 6.10 Å². The Balaban J connectivity index is 1.97. The van der Waals surface area contributed by atoms with Crippen LogP contribution in [0.15, 0.2) is 47.2 Å². The highest BCUT2D eigenvalue weighted by molar-refractivity contribution is 9.10. The molecule has 5 heteroatoms. The first-order valence-electron chi connectivity index (χ1n) is 6.85. The first-order valence-corrected chi connectivity index (χ1v) is 7.64. The van der Waals surface area contributed by atoms with Crippen molar-refractivity contribution in [3.05, 3.63) is 52.8 Å². The van der Waals surface area contributed by atoms with Crippen LogP contribution in [0.2, 0.25) is 0 Å². The smallest absolute Gasteiger partial charge is 0.244 e. The Bertz CT molecular complexity index is 622. The number of hydrogen-bond acceptors (Lipinski definition) is 2. The fraction of sp³-hybridized carbons (Fsp3) is 0.312. The lowest BCUT2D eigenvalue weighted by Crippen LogP contribution is -2.17. The number of nitrogens with zero attached hydrogens (tertiary/aromatic N) is 1. The summed E-state index contributed by atoms with van der Waals surface area (Å²) in [5.74, 6) is 0.0469. The van der Waals surface area contributed by atoms with Crippen molar-refractivity contribution in [2.45, 2.75) is 26.5 Å². The first-order chi connectivity index (χ1) is 9.95. The van der Waals surface area contributed by atoms with E-state index in [4.69, 9.17) is 0 Å². The van der Waals surface area contributed by atoms with Gasteiger partial charge in [-0.1, -0.05) is 35.8 Å². The zero-order valence-corrected chi connectivity index (χ0v) is 13.7. The molecule has 0 saturated carbocycles. The molecule has 0 aliphatic carbocycles. The van der Waals surface area contributed by atoms with E-state index in [1.54, 1.807) is 10.8 Å². The van der Waals surface area contributed by atoms with Crippen LogP contribution in [-0.4, -0.2) is 15.6 Å². The molecule has 0 saturated heterocycles. The number of amides is 1. The number of halogens is 1. The van der Waals surface area contributed by atoms with Crippen molar-refractivity contribution in [3.8, 4) is 0 Å². The molecule has 112 valence electrons. The average Bonchev–Trinajstić information content (AvgIpc) is 2.85. The lowest BCUT2D eigenvalue weighted by molar-refractivity contribution is -0.116. The molecule has 1 aromatic carbocycles. The summed E-state index contributed by atoms with van der Waals surface area (Å²) >= 11 is 3.37. The van der Waals surface area contributed by atoms with E-state index >= 15 is 0 Å². The van der Waals surface area contributed by atoms with Crippen LogP contribution in [0, 0.1) is 5.92 Å². The zero-order valence-electron chi connectivity index (χ0n) is 12.1. The van der Waals surface area contributed by atoms with Gasteiger partial charge in [-0.2, -0.15) is 0 Å². The van der Waals surface area contributed by atoms with Gasteiger partial charge < -0.3 is 15.0 Å². The standard InChI is InChI=1S/C16H19BrN2O2/c1-11(2)16(21)12-6-7-19(9-12)10-15(20)18-14-5-3-4-13(17)8-14/h3-9,11,16,21H,10H2,1-2H3,(H,18,20). The SMILES string of the molecule is CC(C)C(O)c1ccn(CC(=O)Nc2cccc(Br)c2)c1. The van der Waals surface area contributed by atoms with Crippen molar-refractivity contribution in [2.24, 2.45) is 5.92 Å². The Labute approximate surface area is 132 Å². The molecule has 1 amide bonds. The average molecular weight is 351 g/mol. The van der Waals surface area contributed by atoms with Crippen LogP contribution >= 0.6 is 15.9 Å². The lowest BCUT2D eigenvalue weighted by atomic mass is 10.0. The van der Waals surface area contributed by atoms with Gasteiger partial charge in [0.2, 0.25) is 5.91 Å². The van der Waals surface area contributed by atoms with E-state index in [-0.39, 0.29) is 18.4 Å². The van der Waals surface area contributed by atoms with Crippen molar-refractivity contribution < 1.29 is 9.90 Å². The van der Waals surface area contributed by atoms with Gasteiger partial charge in [0, 0.05) is 22.6 Å². The van der Waals surface area contributed by atoms with E-state index in [1.807, 2.05) is 50.4 Å². The third kappa shape index (κ3) is 4.44. The van der Waals surface area contributed by atoms with E-state index in [9.17, 15) is 9.90 Å².